The second-order valence-electron chi connectivity index (χ2n) is 4.85. The molecule has 0 atom stereocenters. The highest BCUT2D eigenvalue weighted by Gasteiger charge is 2.18. The van der Waals surface area contributed by atoms with E-state index in [0.29, 0.717) is 0 Å². The summed E-state index contributed by atoms with van der Waals surface area (Å²) in [5, 5.41) is 0. The van der Waals surface area contributed by atoms with E-state index < -0.39 is 0 Å². The van der Waals surface area contributed by atoms with E-state index in [0.717, 1.165) is 43.5 Å². The molecule has 6 heteroatoms. The molecule has 1 aliphatic heterocycles. The molecule has 2 aromatic rings. The zero-order valence-corrected chi connectivity index (χ0v) is 11.4. The summed E-state index contributed by atoms with van der Waals surface area (Å²) in [6, 6.07) is 5.52. The molecule has 2 aromatic heterocycles. The van der Waals surface area contributed by atoms with Crippen molar-refractivity contribution in [2.45, 2.75) is 6.92 Å². The number of aryl methyl sites for hydroxylation is 1. The summed E-state index contributed by atoms with van der Waals surface area (Å²) in [7, 11) is 0. The van der Waals surface area contributed by atoms with Crippen LogP contribution in [0.15, 0.2) is 35.4 Å². The predicted molar refractivity (Wildman–Crippen MR) is 78.3 cm³/mol. The first kappa shape index (κ1) is 12.7. The monoisotopic (exact) mass is 271 g/mol. The molecule has 0 aliphatic carbocycles. The standard InChI is InChI=1S/C14H17N5O/c1-11-15-5-3-13(17-11)19-8-6-18(7-9-19)12-2-4-16-14(20)10-12/h2-5,10H,6-9H2,1H3,(H,16,20). The van der Waals surface area contributed by atoms with E-state index in [1.54, 1.807) is 18.5 Å². The Balaban J connectivity index is 1.69. The summed E-state index contributed by atoms with van der Waals surface area (Å²) in [6.07, 6.45) is 3.48. The van der Waals surface area contributed by atoms with Gasteiger partial charge in [-0.1, -0.05) is 0 Å². The summed E-state index contributed by atoms with van der Waals surface area (Å²) in [4.78, 5) is 27.0. The van der Waals surface area contributed by atoms with Crippen LogP contribution in [0.3, 0.4) is 0 Å². The molecular formula is C14H17N5O. The number of H-pyrrole nitrogens is 1. The Morgan fingerprint density at radius 1 is 1.15 bits per heavy atom. The molecule has 104 valence electrons. The molecule has 1 saturated heterocycles. The Kier molecular flexibility index (Phi) is 3.37. The molecule has 20 heavy (non-hydrogen) atoms. The number of nitrogens with one attached hydrogen (secondary N) is 1. The van der Waals surface area contributed by atoms with Crippen molar-refractivity contribution in [1.82, 2.24) is 15.0 Å². The average molecular weight is 271 g/mol. The number of piperazine rings is 1. The first-order chi connectivity index (χ1) is 9.72. The minimum atomic E-state index is -0.0589. The van der Waals surface area contributed by atoms with Gasteiger partial charge >= 0.3 is 0 Å². The SMILES string of the molecule is Cc1nccc(N2CCN(c3cc[nH]c(=O)c3)CC2)n1. The van der Waals surface area contributed by atoms with Crippen molar-refractivity contribution in [3.63, 3.8) is 0 Å². The molecule has 0 spiro atoms. The van der Waals surface area contributed by atoms with Gasteiger partial charge in [0.25, 0.3) is 0 Å². The molecule has 1 fully saturated rings. The molecule has 6 nitrogen and oxygen atoms in total. The third kappa shape index (κ3) is 2.64. The van der Waals surface area contributed by atoms with E-state index in [9.17, 15) is 4.79 Å². The molecule has 0 aromatic carbocycles. The molecule has 0 amide bonds. The van der Waals surface area contributed by atoms with Crippen LogP contribution in [0.25, 0.3) is 0 Å². The van der Waals surface area contributed by atoms with Gasteiger partial charge in [-0.25, -0.2) is 9.97 Å². The lowest BCUT2D eigenvalue weighted by Crippen LogP contribution is -2.47. The molecule has 0 bridgehead atoms. The van der Waals surface area contributed by atoms with Gasteiger partial charge in [0, 0.05) is 50.3 Å². The minimum Gasteiger partial charge on any atom is -0.368 e. The lowest BCUT2D eigenvalue weighted by Gasteiger charge is -2.36. The van der Waals surface area contributed by atoms with Crippen molar-refractivity contribution in [2.24, 2.45) is 0 Å². The largest absolute Gasteiger partial charge is 0.368 e. The van der Waals surface area contributed by atoms with E-state index in [-0.39, 0.29) is 5.56 Å². The van der Waals surface area contributed by atoms with Gasteiger partial charge in [-0.2, -0.15) is 0 Å². The fraction of sp³-hybridized carbons (Fsp3) is 0.357. The fourth-order valence-electron chi connectivity index (χ4n) is 2.44. The normalized spacial score (nSPS) is 15.4. The zero-order chi connectivity index (χ0) is 13.9. The van der Waals surface area contributed by atoms with Crippen LogP contribution in [0.1, 0.15) is 5.82 Å². The van der Waals surface area contributed by atoms with Gasteiger partial charge in [0.05, 0.1) is 0 Å². The predicted octanol–water partition coefficient (Wildman–Crippen LogP) is 0.800. The topological polar surface area (TPSA) is 65.1 Å². The van der Waals surface area contributed by atoms with E-state index >= 15 is 0 Å². The maximum atomic E-state index is 11.3. The van der Waals surface area contributed by atoms with Crippen LogP contribution in [-0.2, 0) is 0 Å². The highest BCUT2D eigenvalue weighted by atomic mass is 16.1. The first-order valence-corrected chi connectivity index (χ1v) is 6.71. The number of hydrogen-bond acceptors (Lipinski definition) is 5. The number of nitrogens with zero attached hydrogens (tertiary/aromatic N) is 4. The zero-order valence-electron chi connectivity index (χ0n) is 11.4. The molecule has 3 rings (SSSR count). The number of aromatic amines is 1. The highest BCUT2D eigenvalue weighted by molar-refractivity contribution is 5.48. The van der Waals surface area contributed by atoms with Gasteiger partial charge in [0.1, 0.15) is 11.6 Å². The van der Waals surface area contributed by atoms with Gasteiger partial charge in [-0.3, -0.25) is 4.79 Å². The van der Waals surface area contributed by atoms with Crippen LogP contribution in [0.5, 0.6) is 0 Å². The Labute approximate surface area is 117 Å². The number of anilines is 2. The average Bonchev–Trinajstić information content (AvgIpc) is 2.47. The second kappa shape index (κ2) is 5.32. The third-order valence-corrected chi connectivity index (χ3v) is 3.49. The van der Waals surface area contributed by atoms with Crippen molar-refractivity contribution >= 4 is 11.5 Å². The Bertz CT molecular complexity index is 646. The van der Waals surface area contributed by atoms with E-state index in [1.165, 1.54) is 0 Å². The number of pyridine rings is 1. The fourth-order valence-corrected chi connectivity index (χ4v) is 2.44. The van der Waals surface area contributed by atoms with Crippen LogP contribution in [0.4, 0.5) is 11.5 Å². The van der Waals surface area contributed by atoms with Gasteiger partial charge in [0.15, 0.2) is 0 Å². The molecule has 3 heterocycles. The lowest BCUT2D eigenvalue weighted by molar-refractivity contribution is 0.645. The van der Waals surface area contributed by atoms with Crippen LogP contribution in [0, 0.1) is 6.92 Å². The maximum absolute atomic E-state index is 11.3. The Hall–Kier alpha value is -2.37. The van der Waals surface area contributed by atoms with Crippen molar-refractivity contribution in [3.05, 3.63) is 46.8 Å². The van der Waals surface area contributed by atoms with Crippen molar-refractivity contribution in [2.75, 3.05) is 36.0 Å². The Morgan fingerprint density at radius 2 is 1.90 bits per heavy atom. The number of aromatic nitrogens is 3. The number of hydrogen-bond donors (Lipinski definition) is 1. The molecule has 0 saturated carbocycles. The molecule has 0 radical (unpaired) electrons. The summed E-state index contributed by atoms with van der Waals surface area (Å²) >= 11 is 0. The van der Waals surface area contributed by atoms with Crippen molar-refractivity contribution in [1.29, 1.82) is 0 Å². The molecule has 1 N–H and O–H groups in total. The lowest BCUT2D eigenvalue weighted by atomic mass is 10.2. The van der Waals surface area contributed by atoms with E-state index in [4.69, 9.17) is 0 Å². The maximum Gasteiger partial charge on any atom is 0.249 e. The second-order valence-corrected chi connectivity index (χ2v) is 4.85. The van der Waals surface area contributed by atoms with E-state index in [2.05, 4.69) is 24.8 Å². The minimum absolute atomic E-state index is 0.0589. The van der Waals surface area contributed by atoms with E-state index in [1.807, 2.05) is 19.1 Å². The van der Waals surface area contributed by atoms with Crippen LogP contribution >= 0.6 is 0 Å². The number of rotatable bonds is 2. The summed E-state index contributed by atoms with van der Waals surface area (Å²) < 4.78 is 0. The smallest absolute Gasteiger partial charge is 0.249 e. The van der Waals surface area contributed by atoms with Gasteiger partial charge in [0.2, 0.25) is 5.56 Å². The quantitative estimate of drug-likeness (QED) is 0.875. The summed E-state index contributed by atoms with van der Waals surface area (Å²) in [5.74, 6) is 1.77. The molecule has 0 unspecified atom stereocenters. The third-order valence-electron chi connectivity index (χ3n) is 3.49. The summed E-state index contributed by atoms with van der Waals surface area (Å²) in [6.45, 7) is 5.45. The Morgan fingerprint density at radius 3 is 2.60 bits per heavy atom. The van der Waals surface area contributed by atoms with Crippen molar-refractivity contribution < 1.29 is 0 Å². The van der Waals surface area contributed by atoms with Gasteiger partial charge in [-0.05, 0) is 19.1 Å². The van der Waals surface area contributed by atoms with Crippen LogP contribution in [0.2, 0.25) is 0 Å². The summed E-state index contributed by atoms with van der Waals surface area (Å²) in [5.41, 5.74) is 0.920. The van der Waals surface area contributed by atoms with Gasteiger partial charge < -0.3 is 14.8 Å². The highest BCUT2D eigenvalue weighted by Crippen LogP contribution is 2.17. The van der Waals surface area contributed by atoms with Crippen LogP contribution < -0.4 is 15.4 Å². The first-order valence-electron chi connectivity index (χ1n) is 6.71. The molecular weight excluding hydrogens is 254 g/mol. The van der Waals surface area contributed by atoms with Crippen LogP contribution in [-0.4, -0.2) is 41.1 Å². The molecule has 1 aliphatic rings. The van der Waals surface area contributed by atoms with Gasteiger partial charge in [-0.15, -0.1) is 0 Å². The van der Waals surface area contributed by atoms with Crippen molar-refractivity contribution in [3.8, 4) is 0 Å².